The second-order valence-corrected chi connectivity index (χ2v) is 8.25. The van der Waals surface area contributed by atoms with Crippen molar-refractivity contribution in [1.82, 2.24) is 5.32 Å². The number of carbonyl (C=O) groups excluding carboxylic acids is 1. The third-order valence-electron chi connectivity index (χ3n) is 4.41. The van der Waals surface area contributed by atoms with Gasteiger partial charge in [0, 0.05) is 12.1 Å². The normalized spacial score (nSPS) is 11.0. The van der Waals surface area contributed by atoms with E-state index in [4.69, 9.17) is 4.74 Å². The van der Waals surface area contributed by atoms with Crippen LogP contribution in [-0.4, -0.2) is 28.0 Å². The fourth-order valence-electron chi connectivity index (χ4n) is 2.81. The molecule has 156 valence electrons. The van der Waals surface area contributed by atoms with Crippen LogP contribution in [-0.2, 0) is 21.4 Å². The Hall–Kier alpha value is -3.39. The maximum absolute atomic E-state index is 13.8. The Morgan fingerprint density at radius 1 is 0.967 bits per heavy atom. The zero-order chi connectivity index (χ0) is 21.6. The van der Waals surface area contributed by atoms with E-state index in [1.54, 1.807) is 60.7 Å². The first-order chi connectivity index (χ1) is 14.4. The molecule has 1 N–H and O–H groups in total. The van der Waals surface area contributed by atoms with Gasteiger partial charge in [-0.15, -0.1) is 0 Å². The number of nitrogens with zero attached hydrogens (tertiary/aromatic N) is 1. The van der Waals surface area contributed by atoms with Gasteiger partial charge in [0.05, 0.1) is 17.7 Å². The molecule has 0 fully saturated rings. The highest BCUT2D eigenvalue weighted by Crippen LogP contribution is 2.25. The molecule has 3 aromatic carbocycles. The van der Waals surface area contributed by atoms with Crippen molar-refractivity contribution in [1.29, 1.82) is 0 Å². The molecule has 0 aliphatic rings. The number of halogens is 1. The average Bonchev–Trinajstić information content (AvgIpc) is 2.77. The van der Waals surface area contributed by atoms with Crippen molar-refractivity contribution < 1.29 is 22.3 Å². The lowest BCUT2D eigenvalue weighted by Gasteiger charge is -2.24. The van der Waals surface area contributed by atoms with Crippen molar-refractivity contribution >= 4 is 21.6 Å². The van der Waals surface area contributed by atoms with E-state index in [2.05, 4.69) is 5.32 Å². The van der Waals surface area contributed by atoms with Crippen molar-refractivity contribution in [3.63, 3.8) is 0 Å². The highest BCUT2D eigenvalue weighted by atomic mass is 32.2. The summed E-state index contributed by atoms with van der Waals surface area (Å²) in [5.41, 5.74) is 0.619. The van der Waals surface area contributed by atoms with Gasteiger partial charge in [-0.3, -0.25) is 9.10 Å². The smallest absolute Gasteiger partial charge is 0.264 e. The van der Waals surface area contributed by atoms with Crippen molar-refractivity contribution in [2.24, 2.45) is 0 Å². The minimum Gasteiger partial charge on any atom is -0.497 e. The molecule has 3 rings (SSSR count). The van der Waals surface area contributed by atoms with Gasteiger partial charge >= 0.3 is 0 Å². The molecule has 30 heavy (non-hydrogen) atoms. The van der Waals surface area contributed by atoms with E-state index in [0.29, 0.717) is 17.0 Å². The van der Waals surface area contributed by atoms with Crippen LogP contribution in [0.25, 0.3) is 0 Å². The first-order valence-electron chi connectivity index (χ1n) is 9.14. The van der Waals surface area contributed by atoms with Gasteiger partial charge in [-0.1, -0.05) is 36.4 Å². The third-order valence-corrected chi connectivity index (χ3v) is 6.20. The van der Waals surface area contributed by atoms with Crippen LogP contribution in [0.2, 0.25) is 0 Å². The van der Waals surface area contributed by atoms with Crippen molar-refractivity contribution in [2.45, 2.75) is 11.4 Å². The number of benzene rings is 3. The van der Waals surface area contributed by atoms with Crippen molar-refractivity contribution in [2.75, 3.05) is 18.0 Å². The van der Waals surface area contributed by atoms with E-state index in [1.165, 1.54) is 25.3 Å². The zero-order valence-electron chi connectivity index (χ0n) is 16.3. The number of methoxy groups -OCH3 is 1. The lowest BCUT2D eigenvalue weighted by molar-refractivity contribution is -0.119. The molecule has 0 radical (unpaired) electrons. The molecule has 0 saturated carbocycles. The number of sulfonamides is 1. The zero-order valence-corrected chi connectivity index (χ0v) is 17.1. The first kappa shape index (κ1) is 21.3. The molecule has 0 heterocycles. The summed E-state index contributed by atoms with van der Waals surface area (Å²) in [6, 6.07) is 20.3. The Balaban J connectivity index is 1.85. The molecule has 0 aliphatic carbocycles. The number of rotatable bonds is 8. The average molecular weight is 428 g/mol. The van der Waals surface area contributed by atoms with E-state index in [0.717, 1.165) is 4.31 Å². The Morgan fingerprint density at radius 3 is 2.23 bits per heavy atom. The lowest BCUT2D eigenvalue weighted by atomic mass is 10.2. The lowest BCUT2D eigenvalue weighted by Crippen LogP contribution is -2.40. The molecular weight excluding hydrogens is 407 g/mol. The van der Waals surface area contributed by atoms with E-state index in [-0.39, 0.29) is 11.4 Å². The molecule has 0 saturated heterocycles. The number of amides is 1. The second kappa shape index (κ2) is 9.41. The van der Waals surface area contributed by atoms with Gasteiger partial charge < -0.3 is 10.1 Å². The van der Waals surface area contributed by atoms with Gasteiger partial charge in [0.15, 0.2) is 0 Å². The van der Waals surface area contributed by atoms with Crippen molar-refractivity contribution in [3.8, 4) is 5.75 Å². The fraction of sp³-hybridized carbons (Fsp3) is 0.136. The van der Waals surface area contributed by atoms with Crippen LogP contribution < -0.4 is 14.4 Å². The van der Waals surface area contributed by atoms with Crippen LogP contribution in [0.4, 0.5) is 10.1 Å². The summed E-state index contributed by atoms with van der Waals surface area (Å²) in [6.07, 6.45) is 0. The van der Waals surface area contributed by atoms with Crippen LogP contribution in [0.15, 0.2) is 83.8 Å². The monoisotopic (exact) mass is 428 g/mol. The maximum Gasteiger partial charge on any atom is 0.264 e. The predicted molar refractivity (Wildman–Crippen MR) is 112 cm³/mol. The molecular formula is C22H21FN2O4S. The summed E-state index contributed by atoms with van der Waals surface area (Å²) in [5.74, 6) is -0.449. The van der Waals surface area contributed by atoms with E-state index >= 15 is 0 Å². The largest absolute Gasteiger partial charge is 0.497 e. The molecule has 0 atom stereocenters. The number of carbonyl (C=O) groups is 1. The van der Waals surface area contributed by atoms with Gasteiger partial charge in [0.25, 0.3) is 10.0 Å². The highest BCUT2D eigenvalue weighted by Gasteiger charge is 2.27. The molecule has 0 bridgehead atoms. The summed E-state index contributed by atoms with van der Waals surface area (Å²) in [6.45, 7) is -0.509. The van der Waals surface area contributed by atoms with Crippen molar-refractivity contribution in [3.05, 3.63) is 90.2 Å². The molecule has 6 nitrogen and oxygen atoms in total. The Morgan fingerprint density at radius 2 is 1.60 bits per heavy atom. The number of nitrogens with one attached hydrogen (secondary N) is 1. The van der Waals surface area contributed by atoms with Gasteiger partial charge in [0.2, 0.25) is 5.91 Å². The number of anilines is 1. The topological polar surface area (TPSA) is 75.7 Å². The molecule has 0 unspecified atom stereocenters. The third kappa shape index (κ3) is 4.96. The Bertz CT molecular complexity index is 1100. The summed E-state index contributed by atoms with van der Waals surface area (Å²) < 4.78 is 46.3. The van der Waals surface area contributed by atoms with E-state index in [1.807, 2.05) is 0 Å². The van der Waals surface area contributed by atoms with E-state index < -0.39 is 28.3 Å². The van der Waals surface area contributed by atoms with Crippen LogP contribution >= 0.6 is 0 Å². The second-order valence-electron chi connectivity index (χ2n) is 6.39. The summed E-state index contributed by atoms with van der Waals surface area (Å²) >= 11 is 0. The molecule has 0 aromatic heterocycles. The van der Waals surface area contributed by atoms with Gasteiger partial charge in [-0.05, 0) is 42.5 Å². The van der Waals surface area contributed by atoms with Gasteiger partial charge in [-0.25, -0.2) is 12.8 Å². The number of hydrogen-bond donors (Lipinski definition) is 1. The van der Waals surface area contributed by atoms with Gasteiger partial charge in [-0.2, -0.15) is 0 Å². The quantitative estimate of drug-likeness (QED) is 0.597. The number of ether oxygens (including phenoxy) is 1. The van der Waals surface area contributed by atoms with Crippen LogP contribution in [0.1, 0.15) is 5.56 Å². The van der Waals surface area contributed by atoms with Crippen LogP contribution in [0, 0.1) is 5.82 Å². The molecule has 0 spiro atoms. The first-order valence-corrected chi connectivity index (χ1v) is 10.6. The summed E-state index contributed by atoms with van der Waals surface area (Å²) in [5, 5.41) is 2.58. The minimum absolute atomic E-state index is 0.0483. The SMILES string of the molecule is COc1ccc(N(CC(=O)NCc2ccccc2F)S(=O)(=O)c2ccccc2)cc1. The summed E-state index contributed by atoms with van der Waals surface area (Å²) in [7, 11) is -2.50. The number of hydrogen-bond acceptors (Lipinski definition) is 4. The minimum atomic E-state index is -4.00. The van der Waals surface area contributed by atoms with Crippen LogP contribution in [0.5, 0.6) is 5.75 Å². The molecule has 3 aromatic rings. The maximum atomic E-state index is 13.8. The molecule has 0 aliphatic heterocycles. The van der Waals surface area contributed by atoms with E-state index in [9.17, 15) is 17.6 Å². The Labute approximate surface area is 175 Å². The van der Waals surface area contributed by atoms with Crippen LogP contribution in [0.3, 0.4) is 0 Å². The Kier molecular flexibility index (Phi) is 6.68. The predicted octanol–water partition coefficient (Wildman–Crippen LogP) is 3.35. The molecule has 1 amide bonds. The fourth-order valence-corrected chi connectivity index (χ4v) is 4.25. The molecule has 8 heteroatoms. The summed E-state index contributed by atoms with van der Waals surface area (Å²) in [4.78, 5) is 12.6. The van der Waals surface area contributed by atoms with Gasteiger partial charge in [0.1, 0.15) is 18.1 Å². The standard InChI is InChI=1S/C22H21FN2O4S/c1-29-19-13-11-18(12-14-19)25(30(27,28)20-8-3-2-4-9-20)16-22(26)24-15-17-7-5-6-10-21(17)23/h2-14H,15-16H2,1H3,(H,24,26). The highest BCUT2D eigenvalue weighted by molar-refractivity contribution is 7.92.